The number of anilines is 1. The maximum absolute atomic E-state index is 6.59. The van der Waals surface area contributed by atoms with E-state index in [0.717, 1.165) is 34.4 Å². The summed E-state index contributed by atoms with van der Waals surface area (Å²) in [6.07, 6.45) is 1.95. The second-order valence-electron chi connectivity index (χ2n) is 11.9. The summed E-state index contributed by atoms with van der Waals surface area (Å²) in [6, 6.07) is 24.0. The van der Waals surface area contributed by atoms with E-state index in [1.165, 1.54) is 47.9 Å². The first-order valence-electron chi connectivity index (χ1n) is 13.9. The van der Waals surface area contributed by atoms with Gasteiger partial charge in [0.2, 0.25) is 0 Å². The molecule has 0 bridgehead atoms. The van der Waals surface area contributed by atoms with Gasteiger partial charge in [0.1, 0.15) is 5.75 Å². The molecule has 206 valence electrons. The molecule has 3 aromatic carbocycles. The predicted molar refractivity (Wildman–Crippen MR) is 177 cm³/mol. The Morgan fingerprint density at radius 2 is 1.71 bits per heavy atom. The van der Waals surface area contributed by atoms with Crippen molar-refractivity contribution in [3.05, 3.63) is 95.3 Å². The van der Waals surface area contributed by atoms with Crippen molar-refractivity contribution >= 4 is 59.3 Å². The molecule has 0 aliphatic carbocycles. The van der Waals surface area contributed by atoms with Crippen LogP contribution in [0.15, 0.2) is 89.7 Å². The minimum Gasteiger partial charge on any atom is -0.447 e. The number of hydrogen-bond donors (Lipinski definition) is 0. The maximum Gasteiger partial charge on any atom is 0.182 e. The summed E-state index contributed by atoms with van der Waals surface area (Å²) in [4.78, 5) is 9.47. The van der Waals surface area contributed by atoms with Gasteiger partial charge < -0.3 is 14.5 Å². The lowest BCUT2D eigenvalue weighted by molar-refractivity contribution is 0.459. The average Bonchev–Trinajstić information content (AvgIpc) is 3.67. The molecule has 0 fully saturated rings. The molecular weight excluding hydrogens is 543 g/mol. The highest BCUT2D eigenvalue weighted by molar-refractivity contribution is 7.22. The monoisotopic (exact) mass is 575 g/mol. The summed E-state index contributed by atoms with van der Waals surface area (Å²) >= 11 is 3.52. The van der Waals surface area contributed by atoms with Crippen LogP contribution >= 0.6 is 22.7 Å². The lowest BCUT2D eigenvalue weighted by Crippen LogP contribution is -2.24. The number of hydrogen-bond acceptors (Lipinski definition) is 6. The number of ether oxygens (including phenoxy) is 1. The minimum atomic E-state index is 0.0405. The molecule has 4 nitrogen and oxygen atoms in total. The molecule has 0 N–H and O–H groups in total. The van der Waals surface area contributed by atoms with Gasteiger partial charge in [-0.05, 0) is 72.0 Å². The Balaban J connectivity index is 1.37. The molecule has 0 radical (unpaired) electrons. The molecule has 0 unspecified atom stereocenters. The van der Waals surface area contributed by atoms with Gasteiger partial charge >= 0.3 is 0 Å². The molecule has 6 heteroatoms. The Morgan fingerprint density at radius 1 is 0.854 bits per heavy atom. The summed E-state index contributed by atoms with van der Waals surface area (Å²) in [6.45, 7) is 11.9. The topological polar surface area (TPSA) is 28.6 Å². The van der Waals surface area contributed by atoms with Gasteiger partial charge in [-0.2, -0.15) is 0 Å². The van der Waals surface area contributed by atoms with Crippen LogP contribution in [0.5, 0.6) is 10.8 Å². The van der Waals surface area contributed by atoms with Crippen LogP contribution in [0, 0.1) is 0 Å². The largest absolute Gasteiger partial charge is 0.447 e. The first-order valence-corrected chi connectivity index (χ1v) is 15.6. The van der Waals surface area contributed by atoms with Crippen LogP contribution in [0.25, 0.3) is 42.2 Å². The number of fused-ring (bicyclic) bond motifs is 5. The number of allylic oxidation sites excluding steroid dienone is 2. The van der Waals surface area contributed by atoms with Crippen LogP contribution < -0.4 is 9.64 Å². The lowest BCUT2D eigenvalue weighted by Gasteiger charge is -2.21. The van der Waals surface area contributed by atoms with Crippen molar-refractivity contribution in [2.75, 3.05) is 18.6 Å². The lowest BCUT2D eigenvalue weighted by atomic mass is 9.86. The standard InChI is InChI=1S/C35H33N3OS2/c1-21-22(2)38(20-37(21)6)25-8-7-9-26(17-25)39-32-19-30-28(31-16-24(12-14-36-31)35(3,4)5)18-29-27(34(30)41-32)11-10-23-13-15-40-33(23)29/h7-19H,20H2,1-6H3. The van der Waals surface area contributed by atoms with Crippen LogP contribution in [0.4, 0.5) is 5.69 Å². The van der Waals surface area contributed by atoms with Crippen molar-refractivity contribution in [3.8, 4) is 22.1 Å². The van der Waals surface area contributed by atoms with Crippen molar-refractivity contribution in [3.63, 3.8) is 0 Å². The van der Waals surface area contributed by atoms with Gasteiger partial charge in [-0.1, -0.05) is 50.3 Å². The van der Waals surface area contributed by atoms with Crippen molar-refractivity contribution in [2.24, 2.45) is 0 Å². The Hall–Kier alpha value is -3.87. The number of rotatable bonds is 4. The number of benzene rings is 3. The van der Waals surface area contributed by atoms with E-state index in [-0.39, 0.29) is 5.41 Å². The van der Waals surface area contributed by atoms with E-state index in [1.54, 1.807) is 22.7 Å². The first-order chi connectivity index (χ1) is 19.7. The summed E-state index contributed by atoms with van der Waals surface area (Å²) < 4.78 is 9.14. The second kappa shape index (κ2) is 9.61. The molecule has 1 aliphatic rings. The molecule has 3 aromatic heterocycles. The van der Waals surface area contributed by atoms with Crippen LogP contribution in [-0.4, -0.2) is 23.6 Å². The normalized spacial score (nSPS) is 14.3. The summed E-state index contributed by atoms with van der Waals surface area (Å²) in [5.41, 5.74) is 7.17. The SMILES string of the molecule is CC1=C(C)N(c2cccc(Oc3cc4c(-c5cc(C(C)(C)C)ccn5)cc5c(ccc6ccsc65)c4s3)c2)CN1C. The molecule has 0 saturated heterocycles. The second-order valence-corrected chi connectivity index (χ2v) is 13.9. The number of thiophene rings is 2. The molecule has 0 atom stereocenters. The maximum atomic E-state index is 6.59. The molecule has 0 amide bonds. The summed E-state index contributed by atoms with van der Waals surface area (Å²) in [5.74, 6) is 0.841. The van der Waals surface area contributed by atoms with Crippen molar-refractivity contribution < 1.29 is 4.74 Å². The molecular formula is C35H33N3OS2. The summed E-state index contributed by atoms with van der Waals surface area (Å²) in [5, 5.41) is 8.05. The Bertz CT molecular complexity index is 1990. The van der Waals surface area contributed by atoms with Gasteiger partial charge in [0, 0.05) is 73.6 Å². The van der Waals surface area contributed by atoms with Crippen LogP contribution in [0.2, 0.25) is 0 Å². The fourth-order valence-corrected chi connectivity index (χ4v) is 7.70. The van der Waals surface area contributed by atoms with Gasteiger partial charge in [0.25, 0.3) is 0 Å². The fraction of sp³-hybridized carbons (Fsp3) is 0.229. The van der Waals surface area contributed by atoms with Gasteiger partial charge in [-0.25, -0.2) is 0 Å². The molecule has 41 heavy (non-hydrogen) atoms. The van der Waals surface area contributed by atoms with Gasteiger partial charge in [0.15, 0.2) is 5.06 Å². The average molecular weight is 576 g/mol. The highest BCUT2D eigenvalue weighted by atomic mass is 32.1. The number of aromatic nitrogens is 1. The molecule has 4 heterocycles. The third-order valence-electron chi connectivity index (χ3n) is 8.30. The van der Waals surface area contributed by atoms with E-state index in [1.807, 2.05) is 12.3 Å². The quantitative estimate of drug-likeness (QED) is 0.209. The van der Waals surface area contributed by atoms with Gasteiger partial charge in [0.05, 0.1) is 12.4 Å². The van der Waals surface area contributed by atoms with Crippen molar-refractivity contribution in [1.82, 2.24) is 9.88 Å². The molecule has 1 aliphatic heterocycles. The zero-order valence-corrected chi connectivity index (χ0v) is 25.9. The molecule has 0 saturated carbocycles. The molecule has 0 spiro atoms. The van der Waals surface area contributed by atoms with E-state index in [4.69, 9.17) is 9.72 Å². The third kappa shape index (κ3) is 4.46. The fourth-order valence-electron chi connectivity index (χ4n) is 5.70. The Labute approximate surface area is 249 Å². The van der Waals surface area contributed by atoms with E-state index in [9.17, 15) is 0 Å². The highest BCUT2D eigenvalue weighted by Gasteiger charge is 2.23. The first kappa shape index (κ1) is 26.1. The van der Waals surface area contributed by atoms with Crippen LogP contribution in [0.1, 0.15) is 40.2 Å². The minimum absolute atomic E-state index is 0.0405. The zero-order chi connectivity index (χ0) is 28.5. The van der Waals surface area contributed by atoms with E-state index < -0.39 is 0 Å². The molecule has 7 rings (SSSR count). The van der Waals surface area contributed by atoms with E-state index in [0.29, 0.717) is 0 Å². The Morgan fingerprint density at radius 3 is 2.49 bits per heavy atom. The number of nitrogens with zero attached hydrogens (tertiary/aromatic N) is 3. The van der Waals surface area contributed by atoms with E-state index in [2.05, 4.69) is 118 Å². The highest BCUT2D eigenvalue weighted by Crippen LogP contribution is 2.46. The summed E-state index contributed by atoms with van der Waals surface area (Å²) in [7, 11) is 2.13. The Kier molecular flexibility index (Phi) is 6.10. The van der Waals surface area contributed by atoms with Gasteiger partial charge in [-0.3, -0.25) is 4.98 Å². The van der Waals surface area contributed by atoms with Crippen molar-refractivity contribution in [1.29, 1.82) is 0 Å². The van der Waals surface area contributed by atoms with Crippen molar-refractivity contribution in [2.45, 2.75) is 40.0 Å². The smallest absolute Gasteiger partial charge is 0.182 e. The van der Waals surface area contributed by atoms with Gasteiger partial charge in [-0.15, -0.1) is 11.3 Å². The number of pyridine rings is 1. The third-order valence-corrected chi connectivity index (χ3v) is 10.3. The van der Waals surface area contributed by atoms with Crippen LogP contribution in [0.3, 0.4) is 0 Å². The molecule has 6 aromatic rings. The predicted octanol–water partition coefficient (Wildman–Crippen LogP) is 10.4. The van der Waals surface area contributed by atoms with Crippen LogP contribution in [-0.2, 0) is 5.41 Å². The zero-order valence-electron chi connectivity index (χ0n) is 24.3. The van der Waals surface area contributed by atoms with E-state index >= 15 is 0 Å².